The lowest BCUT2D eigenvalue weighted by atomic mass is 10.1. The zero-order chi connectivity index (χ0) is 17.9. The Balaban J connectivity index is 1.41. The second-order valence-corrected chi connectivity index (χ2v) is 6.20. The molecule has 26 heavy (non-hydrogen) atoms. The Morgan fingerprint density at radius 2 is 1.85 bits per heavy atom. The maximum absolute atomic E-state index is 12.0. The van der Waals surface area contributed by atoms with Gasteiger partial charge >= 0.3 is 0 Å². The third-order valence-electron chi connectivity index (χ3n) is 4.47. The number of amides is 1. The summed E-state index contributed by atoms with van der Waals surface area (Å²) in [4.78, 5) is 16.7. The molecule has 5 heteroatoms. The third-order valence-corrected chi connectivity index (χ3v) is 4.47. The van der Waals surface area contributed by atoms with Crippen LogP contribution in [0.15, 0.2) is 71.3 Å². The maximum Gasteiger partial charge on any atom is 0.291 e. The molecule has 1 N–H and O–H groups in total. The van der Waals surface area contributed by atoms with E-state index in [-0.39, 0.29) is 5.91 Å². The lowest BCUT2D eigenvalue weighted by Crippen LogP contribution is -2.10. The molecular weight excluding hydrogens is 326 g/mol. The van der Waals surface area contributed by atoms with E-state index in [4.69, 9.17) is 9.40 Å². The van der Waals surface area contributed by atoms with Crippen LogP contribution in [0.25, 0.3) is 11.0 Å². The fourth-order valence-corrected chi connectivity index (χ4v) is 3.03. The van der Waals surface area contributed by atoms with Gasteiger partial charge in [0, 0.05) is 19.2 Å². The van der Waals surface area contributed by atoms with Crippen molar-refractivity contribution in [3.63, 3.8) is 0 Å². The first-order chi connectivity index (χ1) is 12.7. The minimum Gasteiger partial charge on any atom is -0.459 e. The molecule has 2 aromatic carbocycles. The van der Waals surface area contributed by atoms with Gasteiger partial charge in [-0.1, -0.05) is 24.3 Å². The number of nitrogens with one attached hydrogen (secondary N) is 1. The van der Waals surface area contributed by atoms with Gasteiger partial charge in [0.15, 0.2) is 5.76 Å². The Kier molecular flexibility index (Phi) is 4.27. The predicted octanol–water partition coefficient (Wildman–Crippen LogP) is 4.20. The first kappa shape index (κ1) is 16.1. The van der Waals surface area contributed by atoms with Crippen molar-refractivity contribution in [3.8, 4) is 0 Å². The molecule has 0 radical (unpaired) electrons. The molecule has 0 unspecified atom stereocenters. The highest BCUT2D eigenvalue weighted by molar-refractivity contribution is 6.02. The molecule has 4 aromatic rings. The lowest BCUT2D eigenvalue weighted by Gasteiger charge is -2.06. The number of aromatic nitrogens is 2. The first-order valence-corrected chi connectivity index (χ1v) is 8.55. The molecule has 0 saturated carbocycles. The third kappa shape index (κ3) is 3.24. The van der Waals surface area contributed by atoms with Crippen molar-refractivity contribution in [2.24, 2.45) is 7.05 Å². The van der Waals surface area contributed by atoms with Crippen molar-refractivity contribution >= 4 is 22.6 Å². The number of anilines is 1. The molecule has 130 valence electrons. The van der Waals surface area contributed by atoms with Crippen LogP contribution >= 0.6 is 0 Å². The molecule has 0 spiro atoms. The fourth-order valence-electron chi connectivity index (χ4n) is 3.03. The van der Waals surface area contributed by atoms with Crippen LogP contribution in [0.2, 0.25) is 0 Å². The Hall–Kier alpha value is -3.34. The number of aryl methyl sites for hydroxylation is 3. The number of imidazole rings is 1. The van der Waals surface area contributed by atoms with Crippen molar-refractivity contribution < 1.29 is 9.21 Å². The zero-order valence-corrected chi connectivity index (χ0v) is 14.5. The molecule has 4 rings (SSSR count). The Morgan fingerprint density at radius 3 is 2.58 bits per heavy atom. The summed E-state index contributed by atoms with van der Waals surface area (Å²) in [7, 11) is 2.05. The van der Waals surface area contributed by atoms with Crippen molar-refractivity contribution in [3.05, 3.63) is 84.1 Å². The number of furan rings is 1. The van der Waals surface area contributed by atoms with Crippen molar-refractivity contribution in [2.45, 2.75) is 12.8 Å². The maximum atomic E-state index is 12.0. The highest BCUT2D eigenvalue weighted by atomic mass is 16.3. The molecule has 2 aromatic heterocycles. The molecule has 0 bridgehead atoms. The first-order valence-electron chi connectivity index (χ1n) is 8.55. The summed E-state index contributed by atoms with van der Waals surface area (Å²) in [5, 5.41) is 2.82. The minimum absolute atomic E-state index is 0.248. The van der Waals surface area contributed by atoms with Crippen molar-refractivity contribution in [1.29, 1.82) is 0 Å². The van der Waals surface area contributed by atoms with E-state index in [1.807, 2.05) is 42.5 Å². The number of fused-ring (bicyclic) bond motifs is 1. The van der Waals surface area contributed by atoms with Gasteiger partial charge < -0.3 is 14.3 Å². The molecule has 0 aliphatic rings. The second-order valence-electron chi connectivity index (χ2n) is 6.20. The molecule has 0 saturated heterocycles. The number of para-hydroxylation sites is 2. The van der Waals surface area contributed by atoms with Crippen LogP contribution in [0.3, 0.4) is 0 Å². The van der Waals surface area contributed by atoms with Crippen LogP contribution in [-0.4, -0.2) is 15.5 Å². The Morgan fingerprint density at radius 1 is 1.04 bits per heavy atom. The van der Waals surface area contributed by atoms with Crippen LogP contribution in [0, 0.1) is 0 Å². The summed E-state index contributed by atoms with van der Waals surface area (Å²) in [6, 6.07) is 19.4. The number of rotatable bonds is 5. The van der Waals surface area contributed by atoms with Gasteiger partial charge in [-0.05, 0) is 48.4 Å². The summed E-state index contributed by atoms with van der Waals surface area (Å²) in [5.74, 6) is 1.12. The van der Waals surface area contributed by atoms with Gasteiger partial charge in [-0.25, -0.2) is 4.98 Å². The number of hydrogen-bond donors (Lipinski definition) is 1. The largest absolute Gasteiger partial charge is 0.459 e. The van der Waals surface area contributed by atoms with Gasteiger partial charge in [0.05, 0.1) is 17.3 Å². The summed E-state index contributed by atoms with van der Waals surface area (Å²) >= 11 is 0. The van der Waals surface area contributed by atoms with E-state index in [0.29, 0.717) is 5.76 Å². The standard InChI is InChI=1S/C21H19N3O2/c1-24-18-6-3-2-5-17(18)23-20(24)13-10-15-8-11-16(12-9-15)22-21(25)19-7-4-14-26-19/h2-9,11-12,14H,10,13H2,1H3,(H,22,25). The van der Waals surface area contributed by atoms with Gasteiger partial charge in [-0.15, -0.1) is 0 Å². The molecule has 1 amide bonds. The minimum atomic E-state index is -0.248. The summed E-state index contributed by atoms with van der Waals surface area (Å²) in [6.07, 6.45) is 3.24. The summed E-state index contributed by atoms with van der Waals surface area (Å²) in [5.41, 5.74) is 4.13. The van der Waals surface area contributed by atoms with Crippen LogP contribution in [0.4, 0.5) is 5.69 Å². The number of benzene rings is 2. The van der Waals surface area contributed by atoms with E-state index >= 15 is 0 Å². The smallest absolute Gasteiger partial charge is 0.291 e. The summed E-state index contributed by atoms with van der Waals surface area (Å²) < 4.78 is 7.24. The SMILES string of the molecule is Cn1c(CCc2ccc(NC(=O)c3ccco3)cc2)nc2ccccc21. The predicted molar refractivity (Wildman–Crippen MR) is 101 cm³/mol. The van der Waals surface area contributed by atoms with Gasteiger partial charge in [0.1, 0.15) is 5.82 Å². The van der Waals surface area contributed by atoms with Crippen LogP contribution in [-0.2, 0) is 19.9 Å². The van der Waals surface area contributed by atoms with Gasteiger partial charge in [0.2, 0.25) is 0 Å². The average Bonchev–Trinajstić information content (AvgIpc) is 3.30. The van der Waals surface area contributed by atoms with E-state index in [2.05, 4.69) is 23.0 Å². The molecule has 5 nitrogen and oxygen atoms in total. The zero-order valence-electron chi connectivity index (χ0n) is 14.5. The molecule has 0 aliphatic carbocycles. The van der Waals surface area contributed by atoms with Crippen molar-refractivity contribution in [2.75, 3.05) is 5.32 Å². The highest BCUT2D eigenvalue weighted by Crippen LogP contribution is 2.17. The fraction of sp³-hybridized carbons (Fsp3) is 0.143. The molecule has 2 heterocycles. The van der Waals surface area contributed by atoms with E-state index in [1.165, 1.54) is 11.8 Å². The van der Waals surface area contributed by atoms with Crippen LogP contribution < -0.4 is 5.32 Å². The quantitative estimate of drug-likeness (QED) is 0.589. The van der Waals surface area contributed by atoms with Gasteiger partial charge in [0.25, 0.3) is 5.91 Å². The van der Waals surface area contributed by atoms with Crippen LogP contribution in [0.5, 0.6) is 0 Å². The molecule has 0 aliphatic heterocycles. The lowest BCUT2D eigenvalue weighted by molar-refractivity contribution is 0.0996. The molecule has 0 fully saturated rings. The number of carbonyl (C=O) groups excluding carboxylic acids is 1. The Bertz CT molecular complexity index is 1030. The van der Waals surface area contributed by atoms with E-state index in [0.717, 1.165) is 35.4 Å². The van der Waals surface area contributed by atoms with Gasteiger partial charge in [-0.2, -0.15) is 0 Å². The number of hydrogen-bond acceptors (Lipinski definition) is 3. The molecule has 0 atom stereocenters. The monoisotopic (exact) mass is 345 g/mol. The molecular formula is C21H19N3O2. The number of nitrogens with zero attached hydrogens (tertiary/aromatic N) is 2. The van der Waals surface area contributed by atoms with Crippen LogP contribution in [0.1, 0.15) is 21.9 Å². The normalized spacial score (nSPS) is 11.0. The van der Waals surface area contributed by atoms with E-state index < -0.39 is 0 Å². The van der Waals surface area contributed by atoms with Gasteiger partial charge in [-0.3, -0.25) is 4.79 Å². The average molecular weight is 345 g/mol. The summed E-state index contributed by atoms with van der Waals surface area (Å²) in [6.45, 7) is 0. The Labute approximate surface area is 151 Å². The topological polar surface area (TPSA) is 60.1 Å². The number of carbonyl (C=O) groups is 1. The van der Waals surface area contributed by atoms with E-state index in [1.54, 1.807) is 12.1 Å². The highest BCUT2D eigenvalue weighted by Gasteiger charge is 2.09. The second kappa shape index (κ2) is 6.88. The van der Waals surface area contributed by atoms with Crippen molar-refractivity contribution in [1.82, 2.24) is 9.55 Å². The van der Waals surface area contributed by atoms with E-state index in [9.17, 15) is 4.79 Å².